The maximum atomic E-state index is 9.52. The molecule has 4 nitrogen and oxygen atoms in total. The number of benzene rings is 1. The van der Waals surface area contributed by atoms with Gasteiger partial charge < -0.3 is 14.6 Å². The number of morpholine rings is 1. The zero-order valence-corrected chi connectivity index (χ0v) is 12.0. The zero-order valence-electron chi connectivity index (χ0n) is 10.4. The molecule has 0 radical (unpaired) electrons. The molecule has 0 amide bonds. The third-order valence-electron chi connectivity index (χ3n) is 3.00. The van der Waals surface area contributed by atoms with E-state index < -0.39 is 0 Å². The van der Waals surface area contributed by atoms with Gasteiger partial charge in [0.1, 0.15) is 5.75 Å². The summed E-state index contributed by atoms with van der Waals surface area (Å²) in [5, 5.41) is 9.52. The smallest absolute Gasteiger partial charge is 0.115 e. The number of aromatic hydroxyl groups is 1. The van der Waals surface area contributed by atoms with Crippen LogP contribution in [0.5, 0.6) is 5.75 Å². The van der Waals surface area contributed by atoms with Crippen molar-refractivity contribution in [2.45, 2.75) is 12.6 Å². The minimum Gasteiger partial charge on any atom is -0.508 e. The summed E-state index contributed by atoms with van der Waals surface area (Å²) >= 11 is 3.51. The Morgan fingerprint density at radius 3 is 3.17 bits per heavy atom. The molecule has 1 N–H and O–H groups in total. The molecular formula is C13H18BrNO3. The quantitative estimate of drug-likeness (QED) is 0.923. The lowest BCUT2D eigenvalue weighted by molar-refractivity contribution is -0.0631. The summed E-state index contributed by atoms with van der Waals surface area (Å²) in [6, 6.07) is 5.35. The number of halogens is 1. The van der Waals surface area contributed by atoms with Gasteiger partial charge in [-0.05, 0) is 23.8 Å². The molecule has 5 heteroatoms. The van der Waals surface area contributed by atoms with Crippen molar-refractivity contribution in [1.29, 1.82) is 0 Å². The molecule has 1 aliphatic heterocycles. The summed E-state index contributed by atoms with van der Waals surface area (Å²) in [6.45, 7) is 3.92. The molecule has 100 valence electrons. The van der Waals surface area contributed by atoms with Crippen LogP contribution in [-0.2, 0) is 16.0 Å². The second-order valence-electron chi connectivity index (χ2n) is 4.46. The number of rotatable bonds is 4. The predicted molar refractivity (Wildman–Crippen MR) is 72.7 cm³/mol. The van der Waals surface area contributed by atoms with E-state index in [0.29, 0.717) is 12.4 Å². The summed E-state index contributed by atoms with van der Waals surface area (Å²) in [7, 11) is 1.69. The summed E-state index contributed by atoms with van der Waals surface area (Å²) in [5.41, 5.74) is 1.09. The molecule has 0 saturated carbocycles. The van der Waals surface area contributed by atoms with Crippen molar-refractivity contribution < 1.29 is 14.6 Å². The van der Waals surface area contributed by atoms with Crippen LogP contribution in [-0.4, -0.2) is 49.5 Å². The summed E-state index contributed by atoms with van der Waals surface area (Å²) in [6.07, 6.45) is 0.139. The van der Waals surface area contributed by atoms with E-state index in [1.54, 1.807) is 19.2 Å². The Labute approximate surface area is 116 Å². The first-order valence-electron chi connectivity index (χ1n) is 5.99. The van der Waals surface area contributed by atoms with Crippen molar-refractivity contribution in [3.8, 4) is 5.75 Å². The average molecular weight is 316 g/mol. The van der Waals surface area contributed by atoms with Crippen LogP contribution in [0.1, 0.15) is 5.56 Å². The van der Waals surface area contributed by atoms with Gasteiger partial charge in [0, 0.05) is 31.2 Å². The molecule has 18 heavy (non-hydrogen) atoms. The van der Waals surface area contributed by atoms with E-state index in [1.807, 2.05) is 6.07 Å². The topological polar surface area (TPSA) is 41.9 Å². The lowest BCUT2D eigenvalue weighted by Crippen LogP contribution is -2.43. The molecule has 0 unspecified atom stereocenters. The van der Waals surface area contributed by atoms with Crippen LogP contribution in [0.3, 0.4) is 0 Å². The third-order valence-corrected chi connectivity index (χ3v) is 3.77. The summed E-state index contributed by atoms with van der Waals surface area (Å²) in [5.74, 6) is 0.301. The highest BCUT2D eigenvalue weighted by Gasteiger charge is 2.20. The van der Waals surface area contributed by atoms with Gasteiger partial charge in [-0.25, -0.2) is 0 Å². The van der Waals surface area contributed by atoms with E-state index in [9.17, 15) is 5.11 Å². The molecule has 1 atom stereocenters. The van der Waals surface area contributed by atoms with Gasteiger partial charge in [0.25, 0.3) is 0 Å². The zero-order chi connectivity index (χ0) is 13.0. The molecule has 1 aromatic rings. The number of hydrogen-bond acceptors (Lipinski definition) is 4. The number of phenolic OH excluding ortho intramolecular Hbond substituents is 1. The fraction of sp³-hybridized carbons (Fsp3) is 0.538. The average Bonchev–Trinajstić information content (AvgIpc) is 2.35. The van der Waals surface area contributed by atoms with E-state index in [0.717, 1.165) is 36.3 Å². The van der Waals surface area contributed by atoms with Crippen LogP contribution in [0.4, 0.5) is 0 Å². The number of phenols is 1. The van der Waals surface area contributed by atoms with Crippen LogP contribution >= 0.6 is 15.9 Å². The van der Waals surface area contributed by atoms with Crippen molar-refractivity contribution >= 4 is 15.9 Å². The molecule has 1 saturated heterocycles. The van der Waals surface area contributed by atoms with Crippen LogP contribution in [0.15, 0.2) is 22.7 Å². The first-order valence-corrected chi connectivity index (χ1v) is 6.78. The third kappa shape index (κ3) is 3.68. The SMILES string of the molecule is COC[C@@H]1CN(Cc2cc(O)ccc2Br)CCO1. The lowest BCUT2D eigenvalue weighted by atomic mass is 10.2. The van der Waals surface area contributed by atoms with Gasteiger partial charge in [-0.3, -0.25) is 4.90 Å². The molecule has 0 aliphatic carbocycles. The molecule has 1 heterocycles. The Bertz CT molecular complexity index is 398. The van der Waals surface area contributed by atoms with Gasteiger partial charge in [0.2, 0.25) is 0 Å². The van der Waals surface area contributed by atoms with Gasteiger partial charge in [-0.2, -0.15) is 0 Å². The van der Waals surface area contributed by atoms with Gasteiger partial charge >= 0.3 is 0 Å². The number of nitrogens with zero attached hydrogens (tertiary/aromatic N) is 1. The van der Waals surface area contributed by atoms with Gasteiger partial charge in [-0.15, -0.1) is 0 Å². The summed E-state index contributed by atoms with van der Waals surface area (Å²) in [4.78, 5) is 2.31. The molecule has 1 aliphatic rings. The van der Waals surface area contributed by atoms with E-state index in [2.05, 4.69) is 20.8 Å². The van der Waals surface area contributed by atoms with Crippen LogP contribution < -0.4 is 0 Å². The van der Waals surface area contributed by atoms with E-state index in [1.165, 1.54) is 0 Å². The standard InChI is InChI=1S/C13H18BrNO3/c1-17-9-12-8-15(4-5-18-12)7-10-6-11(16)2-3-13(10)14/h2-3,6,12,16H,4-5,7-9H2,1H3/t12-/m0/s1. The molecular weight excluding hydrogens is 298 g/mol. The van der Waals surface area contributed by atoms with Gasteiger partial charge in [0.05, 0.1) is 19.3 Å². The summed E-state index contributed by atoms with van der Waals surface area (Å²) < 4.78 is 11.8. The molecule has 1 fully saturated rings. The van der Waals surface area contributed by atoms with Crippen molar-refractivity contribution in [3.63, 3.8) is 0 Å². The number of methoxy groups -OCH3 is 1. The van der Waals surface area contributed by atoms with Crippen molar-refractivity contribution in [1.82, 2.24) is 4.90 Å². The minimum atomic E-state index is 0.139. The molecule has 0 spiro atoms. The number of hydrogen-bond donors (Lipinski definition) is 1. The Hall–Kier alpha value is -0.620. The van der Waals surface area contributed by atoms with Crippen molar-refractivity contribution in [2.75, 3.05) is 33.4 Å². The number of ether oxygens (including phenoxy) is 2. The first kappa shape index (κ1) is 13.8. The normalized spacial score (nSPS) is 21.1. The molecule has 2 rings (SSSR count). The fourth-order valence-electron chi connectivity index (χ4n) is 2.13. The van der Waals surface area contributed by atoms with E-state index in [-0.39, 0.29) is 6.10 Å². The second-order valence-corrected chi connectivity index (χ2v) is 5.31. The Balaban J connectivity index is 1.98. The van der Waals surface area contributed by atoms with Gasteiger partial charge in [0.15, 0.2) is 0 Å². The monoisotopic (exact) mass is 315 g/mol. The second kappa shape index (κ2) is 6.52. The van der Waals surface area contributed by atoms with E-state index in [4.69, 9.17) is 9.47 Å². The largest absolute Gasteiger partial charge is 0.508 e. The van der Waals surface area contributed by atoms with Crippen molar-refractivity contribution in [2.24, 2.45) is 0 Å². The Morgan fingerprint density at radius 2 is 2.39 bits per heavy atom. The van der Waals surface area contributed by atoms with Crippen LogP contribution in [0, 0.1) is 0 Å². The first-order chi connectivity index (χ1) is 8.69. The maximum absolute atomic E-state index is 9.52. The maximum Gasteiger partial charge on any atom is 0.115 e. The Morgan fingerprint density at radius 1 is 1.56 bits per heavy atom. The molecule has 0 aromatic heterocycles. The van der Waals surface area contributed by atoms with Crippen LogP contribution in [0.2, 0.25) is 0 Å². The highest BCUT2D eigenvalue weighted by atomic mass is 79.9. The van der Waals surface area contributed by atoms with Gasteiger partial charge in [-0.1, -0.05) is 15.9 Å². The Kier molecular flexibility index (Phi) is 5.00. The predicted octanol–water partition coefficient (Wildman–Crippen LogP) is 2.00. The molecule has 1 aromatic carbocycles. The lowest BCUT2D eigenvalue weighted by Gasteiger charge is -2.32. The minimum absolute atomic E-state index is 0.139. The van der Waals surface area contributed by atoms with E-state index >= 15 is 0 Å². The van der Waals surface area contributed by atoms with Crippen LogP contribution in [0.25, 0.3) is 0 Å². The fourth-order valence-corrected chi connectivity index (χ4v) is 2.51. The molecule has 0 bridgehead atoms. The highest BCUT2D eigenvalue weighted by molar-refractivity contribution is 9.10. The van der Waals surface area contributed by atoms with Crippen molar-refractivity contribution in [3.05, 3.63) is 28.2 Å². The highest BCUT2D eigenvalue weighted by Crippen LogP contribution is 2.23.